The molecule has 2 aliphatic carbocycles. The standard InChI is InChI=1S/C25H30N2O4.C24H26F2N2O4/c1-17-7-3-6-10-21(17)26-24(28)16-27-15-19(14-25(27)29)18-11-12-22(30-2)23(13-18)31-20-8-4-5-9-20;1-31-20-10-9-15(11-21(20)32-17-5-2-3-6-17)16-12-23(30)28(13-16)14-22(29)27-19-8-4-7-18(25)24(19)26/h3,6-7,10-13,19-20H,4-5,8-9,14-16H2,1-2H3,(H,26,28);4,7-11,16-17H,2-3,5-6,12-14H2,1H3,(H,27,29)/t19-;/m1./s1. The van der Waals surface area contributed by atoms with Crippen LogP contribution in [-0.4, -0.2) is 86.0 Å². The molecule has 12 nitrogen and oxygen atoms in total. The largest absolute Gasteiger partial charge is 0.493 e. The van der Waals surface area contributed by atoms with Crippen LogP contribution in [-0.2, 0) is 19.2 Å². The molecule has 2 atom stereocenters. The van der Waals surface area contributed by atoms with Gasteiger partial charge in [0, 0.05) is 43.5 Å². The molecule has 0 aromatic heterocycles. The van der Waals surface area contributed by atoms with E-state index >= 15 is 0 Å². The van der Waals surface area contributed by atoms with Gasteiger partial charge in [-0.25, -0.2) is 8.78 Å². The maximum Gasteiger partial charge on any atom is 0.244 e. The first-order chi connectivity index (χ1) is 30.5. The Morgan fingerprint density at radius 3 is 1.56 bits per heavy atom. The van der Waals surface area contributed by atoms with E-state index in [1.54, 1.807) is 19.1 Å². The number of carbonyl (C=O) groups excluding carboxylic acids is 4. The number of hydrogen-bond acceptors (Lipinski definition) is 8. The Morgan fingerprint density at radius 2 is 1.08 bits per heavy atom. The van der Waals surface area contributed by atoms with Gasteiger partial charge in [-0.3, -0.25) is 19.2 Å². The van der Waals surface area contributed by atoms with E-state index in [1.807, 2.05) is 67.6 Å². The predicted octanol–water partition coefficient (Wildman–Crippen LogP) is 8.53. The number of methoxy groups -OCH3 is 2. The minimum atomic E-state index is -1.13. The zero-order valence-corrected chi connectivity index (χ0v) is 36.1. The monoisotopic (exact) mass is 866 g/mol. The van der Waals surface area contributed by atoms with Crippen molar-refractivity contribution in [1.82, 2.24) is 9.80 Å². The summed E-state index contributed by atoms with van der Waals surface area (Å²) in [6.07, 6.45) is 9.94. The average Bonchev–Trinajstić information content (AvgIpc) is 4.11. The quantitative estimate of drug-likeness (QED) is 0.129. The fourth-order valence-electron chi connectivity index (χ4n) is 8.79. The maximum absolute atomic E-state index is 13.8. The van der Waals surface area contributed by atoms with Crippen LogP contribution in [0.4, 0.5) is 20.2 Å². The van der Waals surface area contributed by atoms with Crippen molar-refractivity contribution >= 4 is 35.0 Å². The fourth-order valence-corrected chi connectivity index (χ4v) is 8.79. The van der Waals surface area contributed by atoms with E-state index in [0.29, 0.717) is 31.0 Å². The second kappa shape index (κ2) is 20.8. The average molecular weight is 867 g/mol. The number of halogens is 2. The number of carbonyl (C=O) groups is 4. The lowest BCUT2D eigenvalue weighted by Gasteiger charge is -2.19. The molecule has 0 spiro atoms. The second-order valence-corrected chi connectivity index (χ2v) is 16.7. The van der Waals surface area contributed by atoms with E-state index in [2.05, 4.69) is 10.6 Å². The third kappa shape index (κ3) is 11.5. The number of aryl methyl sites for hydroxylation is 1. The Hall–Kier alpha value is -6.18. The van der Waals surface area contributed by atoms with E-state index in [9.17, 15) is 28.0 Å². The number of anilines is 2. The van der Waals surface area contributed by atoms with Gasteiger partial charge in [0.05, 0.1) is 45.2 Å². The number of para-hydroxylation sites is 1. The SMILES string of the molecule is COc1ccc(C2CC(=O)N(CC(=O)Nc3cccc(F)c3F)C2)cc1OC1CCCC1.COc1ccc([C@@H]2CC(=O)N(CC(=O)Nc3ccccc3C)C2)cc1OC1CCCC1. The van der Waals surface area contributed by atoms with E-state index < -0.39 is 17.5 Å². The Balaban J connectivity index is 0.000000189. The summed E-state index contributed by atoms with van der Waals surface area (Å²) in [7, 11) is 3.24. The minimum Gasteiger partial charge on any atom is -0.493 e. The zero-order chi connectivity index (χ0) is 44.5. The Labute approximate surface area is 367 Å². The third-order valence-corrected chi connectivity index (χ3v) is 12.3. The van der Waals surface area contributed by atoms with Crippen molar-refractivity contribution in [3.05, 3.63) is 107 Å². The molecule has 4 amide bonds. The summed E-state index contributed by atoms with van der Waals surface area (Å²) >= 11 is 0. The van der Waals surface area contributed by atoms with Gasteiger partial charge in [0.15, 0.2) is 34.6 Å². The van der Waals surface area contributed by atoms with Crippen molar-refractivity contribution in [2.45, 2.75) is 95.2 Å². The molecule has 2 saturated heterocycles. The summed E-state index contributed by atoms with van der Waals surface area (Å²) in [6, 6.07) is 22.8. The zero-order valence-electron chi connectivity index (χ0n) is 36.1. The molecule has 0 radical (unpaired) electrons. The molecule has 14 heteroatoms. The summed E-state index contributed by atoms with van der Waals surface area (Å²) in [4.78, 5) is 53.0. The Bertz CT molecular complexity index is 2280. The van der Waals surface area contributed by atoms with Gasteiger partial charge in [-0.15, -0.1) is 0 Å². The number of nitrogens with zero attached hydrogens (tertiary/aromatic N) is 2. The van der Waals surface area contributed by atoms with Crippen molar-refractivity contribution in [3.8, 4) is 23.0 Å². The van der Waals surface area contributed by atoms with Crippen LogP contribution in [0.2, 0.25) is 0 Å². The molecule has 2 aliphatic heterocycles. The van der Waals surface area contributed by atoms with Crippen molar-refractivity contribution in [2.24, 2.45) is 0 Å². The number of hydrogen-bond donors (Lipinski definition) is 2. The smallest absolute Gasteiger partial charge is 0.244 e. The van der Waals surface area contributed by atoms with Crippen molar-refractivity contribution in [2.75, 3.05) is 51.0 Å². The van der Waals surface area contributed by atoms with Gasteiger partial charge in [0.25, 0.3) is 0 Å². The molecule has 0 bridgehead atoms. The van der Waals surface area contributed by atoms with Crippen molar-refractivity contribution in [1.29, 1.82) is 0 Å². The molecule has 2 heterocycles. The van der Waals surface area contributed by atoms with Crippen LogP contribution in [0.25, 0.3) is 0 Å². The van der Waals surface area contributed by atoms with Gasteiger partial charge in [0.1, 0.15) is 0 Å². The number of amides is 4. The summed E-state index contributed by atoms with van der Waals surface area (Å²) in [5, 5.41) is 5.24. The Morgan fingerprint density at radius 1 is 0.619 bits per heavy atom. The Kier molecular flexibility index (Phi) is 14.8. The van der Waals surface area contributed by atoms with Crippen LogP contribution in [0.15, 0.2) is 78.9 Å². The first-order valence-corrected chi connectivity index (χ1v) is 21.8. The van der Waals surface area contributed by atoms with Crippen LogP contribution >= 0.6 is 0 Å². The van der Waals surface area contributed by atoms with E-state index in [4.69, 9.17) is 18.9 Å². The second-order valence-electron chi connectivity index (χ2n) is 16.7. The number of ether oxygens (including phenoxy) is 4. The van der Waals surface area contributed by atoms with Crippen LogP contribution in [0.3, 0.4) is 0 Å². The van der Waals surface area contributed by atoms with Gasteiger partial charge < -0.3 is 39.4 Å². The highest BCUT2D eigenvalue weighted by molar-refractivity contribution is 5.96. The molecule has 4 fully saturated rings. The van der Waals surface area contributed by atoms with E-state index in [1.165, 1.54) is 29.9 Å². The molecule has 4 aliphatic rings. The first kappa shape index (κ1) is 44.9. The summed E-state index contributed by atoms with van der Waals surface area (Å²) in [5.41, 5.74) is 3.51. The van der Waals surface area contributed by atoms with Crippen LogP contribution < -0.4 is 29.6 Å². The van der Waals surface area contributed by atoms with Crippen LogP contribution in [0.1, 0.15) is 92.7 Å². The molecule has 334 valence electrons. The van der Waals surface area contributed by atoms with Gasteiger partial charge >= 0.3 is 0 Å². The predicted molar refractivity (Wildman–Crippen MR) is 234 cm³/mol. The van der Waals surface area contributed by atoms with E-state index in [0.717, 1.165) is 78.5 Å². The number of rotatable bonds is 14. The normalized spacial score (nSPS) is 18.9. The van der Waals surface area contributed by atoms with E-state index in [-0.39, 0.29) is 67.0 Å². The number of benzene rings is 4. The van der Waals surface area contributed by atoms with Crippen molar-refractivity contribution in [3.63, 3.8) is 0 Å². The summed E-state index contributed by atoms with van der Waals surface area (Å²) in [6.45, 7) is 2.65. The van der Waals surface area contributed by atoms with Crippen LogP contribution in [0.5, 0.6) is 23.0 Å². The molecular weight excluding hydrogens is 811 g/mol. The molecule has 4 aromatic rings. The highest BCUT2D eigenvalue weighted by Gasteiger charge is 2.34. The summed E-state index contributed by atoms with van der Waals surface area (Å²) in [5.74, 6) is -0.377. The lowest BCUT2D eigenvalue weighted by atomic mass is 9.98. The van der Waals surface area contributed by atoms with Crippen molar-refractivity contribution < 1.29 is 46.9 Å². The lowest BCUT2D eigenvalue weighted by Crippen LogP contribution is -2.34. The molecule has 2 saturated carbocycles. The first-order valence-electron chi connectivity index (χ1n) is 21.8. The fraction of sp³-hybridized carbons (Fsp3) is 0.429. The van der Waals surface area contributed by atoms with Crippen LogP contribution in [0, 0.1) is 18.6 Å². The summed E-state index contributed by atoms with van der Waals surface area (Å²) < 4.78 is 50.4. The molecule has 1 unspecified atom stereocenters. The molecule has 4 aromatic carbocycles. The third-order valence-electron chi connectivity index (χ3n) is 12.3. The highest BCUT2D eigenvalue weighted by atomic mass is 19.2. The molecule has 2 N–H and O–H groups in total. The van der Waals surface area contributed by atoms with Gasteiger partial charge in [0.2, 0.25) is 23.6 Å². The lowest BCUT2D eigenvalue weighted by molar-refractivity contribution is -0.131. The number of nitrogens with one attached hydrogen (secondary N) is 2. The molecule has 8 rings (SSSR count). The number of likely N-dealkylation sites (tertiary alicyclic amines) is 2. The van der Waals surface area contributed by atoms with Gasteiger partial charge in [-0.05, 0) is 117 Å². The highest BCUT2D eigenvalue weighted by Crippen LogP contribution is 2.39. The topological polar surface area (TPSA) is 136 Å². The molecular formula is C49H56F2N4O8. The van der Waals surface area contributed by atoms with Gasteiger partial charge in [-0.1, -0.05) is 36.4 Å². The minimum absolute atomic E-state index is 0.000914. The molecule has 63 heavy (non-hydrogen) atoms. The van der Waals surface area contributed by atoms with Gasteiger partial charge in [-0.2, -0.15) is 0 Å². The maximum atomic E-state index is 13.8.